The number of fused-ring (bicyclic) bond motifs is 4. The number of aliphatic hydroxyl groups is 2. The molecule has 0 atom stereocenters. The summed E-state index contributed by atoms with van der Waals surface area (Å²) in [6.45, 7) is 15.3. The van der Waals surface area contributed by atoms with Crippen molar-refractivity contribution in [3.05, 3.63) is 287 Å². The zero-order chi connectivity index (χ0) is 62.6. The van der Waals surface area contributed by atoms with Crippen molar-refractivity contribution in [1.82, 2.24) is 0 Å². The van der Waals surface area contributed by atoms with Gasteiger partial charge in [-0.15, -0.1) is 48.5 Å². The van der Waals surface area contributed by atoms with Gasteiger partial charge in [0.05, 0.1) is 13.1 Å². The van der Waals surface area contributed by atoms with E-state index in [4.69, 9.17) is 0 Å². The molecular weight excluding hydrogens is 1280 g/mol. The molecule has 0 aliphatic carbocycles. The van der Waals surface area contributed by atoms with Gasteiger partial charge in [-0.25, -0.2) is 0 Å². The zero-order valence-electron chi connectivity index (χ0n) is 52.6. The number of anilines is 4. The van der Waals surface area contributed by atoms with Crippen molar-refractivity contribution in [2.75, 3.05) is 45.8 Å². The summed E-state index contributed by atoms with van der Waals surface area (Å²) in [5.41, 5.74) is 10.6. The standard InChI is InChI=1S/C39H36N2O4.2C20H20NO.2Y/c1-27-21-29-13-10-12-20-35(29)36(37(27)42)24-41(33-17-7-4-8-18-33)26-39(44,45)25-40(32-15-5-3-6-16-32)23-31-22-30-14-9-11-19-34(30)28(2)38(31)43;2*1-3-21(18-10-5-4-6-11-18)14-17-13-16-9-7-8-12-19(16)15(2)20(17)22;;/h5-22,42-45H,23-26H2,1-2H3;2*5-13,22H,3,14H2,1-2H3;;/q-2;2*-1;;. The van der Waals surface area contributed by atoms with Crippen molar-refractivity contribution in [3.63, 3.8) is 0 Å². The van der Waals surface area contributed by atoms with Gasteiger partial charge in [0.1, 0.15) is 23.0 Å². The normalized spacial score (nSPS) is 11.0. The fourth-order valence-corrected chi connectivity index (χ4v) is 11.9. The van der Waals surface area contributed by atoms with Gasteiger partial charge in [0, 0.05) is 127 Å². The number of phenols is 4. The molecule has 0 aromatic heterocycles. The van der Waals surface area contributed by atoms with Gasteiger partial charge in [-0.05, 0) is 131 Å². The summed E-state index contributed by atoms with van der Waals surface area (Å²) >= 11 is 0. The second-order valence-electron chi connectivity index (χ2n) is 22.7. The SMILES string of the molecule is CCN(Cc1cc2ccccc2c(C)c1O)c1cc[c-]cc1.CCN(Cc1cc2ccccc2c(C)c1O)c1cc[c-]cc1.Cc1cc2ccccc2c(CN(CC(O)(O)CN(Cc2cc3ccccc3c(C)c2O)c2cc[c-]cc2)c2cc[c-]cc2)c1O.[Y].[Y]. The Balaban J connectivity index is 0.000000194. The Morgan fingerprint density at radius 1 is 0.341 bits per heavy atom. The maximum Gasteiger partial charge on any atom is 0.198 e. The van der Waals surface area contributed by atoms with E-state index < -0.39 is 5.79 Å². The number of hydrogen-bond acceptors (Lipinski definition) is 10. The molecule has 6 N–H and O–H groups in total. The van der Waals surface area contributed by atoms with Crippen molar-refractivity contribution >= 4 is 65.8 Å². The van der Waals surface area contributed by atoms with E-state index in [1.54, 1.807) is 24.3 Å². The minimum atomic E-state index is -2.20. The van der Waals surface area contributed by atoms with Gasteiger partial charge in [0.25, 0.3) is 0 Å². The van der Waals surface area contributed by atoms with E-state index in [9.17, 15) is 30.6 Å². The molecular formula is C79H76N4O6Y2-4. The van der Waals surface area contributed by atoms with E-state index in [2.05, 4.69) is 109 Å². The summed E-state index contributed by atoms with van der Waals surface area (Å²) < 4.78 is 0. The van der Waals surface area contributed by atoms with Crippen LogP contribution in [0.1, 0.15) is 58.4 Å². The Labute approximate surface area is 586 Å². The predicted molar refractivity (Wildman–Crippen MR) is 365 cm³/mol. The first-order valence-electron chi connectivity index (χ1n) is 30.2. The summed E-state index contributed by atoms with van der Waals surface area (Å²) in [5, 5.41) is 75.3. The quantitative estimate of drug-likeness (QED) is 0.0364. The molecule has 0 bridgehead atoms. The number of aromatic hydroxyl groups is 4. The fourth-order valence-electron chi connectivity index (χ4n) is 11.9. The molecule has 0 aliphatic rings. The molecule has 0 spiro atoms. The average molecular weight is 1360 g/mol. The Hall–Kier alpha value is -7.79. The van der Waals surface area contributed by atoms with Crippen LogP contribution >= 0.6 is 0 Å². The molecule has 12 heteroatoms. The van der Waals surface area contributed by atoms with Gasteiger partial charge >= 0.3 is 0 Å². The van der Waals surface area contributed by atoms with Crippen LogP contribution in [0.3, 0.4) is 0 Å². The smallest absolute Gasteiger partial charge is 0.198 e. The molecule has 91 heavy (non-hydrogen) atoms. The van der Waals surface area contributed by atoms with E-state index >= 15 is 0 Å². The first-order valence-corrected chi connectivity index (χ1v) is 30.2. The van der Waals surface area contributed by atoms with E-state index in [0.29, 0.717) is 35.7 Å². The zero-order valence-corrected chi connectivity index (χ0v) is 58.2. The van der Waals surface area contributed by atoms with Crippen LogP contribution in [0.2, 0.25) is 0 Å². The number of phenolic OH excluding ortho intramolecular Hbond substituents is 4. The van der Waals surface area contributed by atoms with Crippen LogP contribution in [-0.2, 0) is 91.6 Å². The van der Waals surface area contributed by atoms with Crippen LogP contribution in [0.5, 0.6) is 23.0 Å². The van der Waals surface area contributed by atoms with Gasteiger partial charge in [-0.3, -0.25) is 0 Å². The second kappa shape index (κ2) is 32.0. The molecule has 0 aliphatic heterocycles. The van der Waals surface area contributed by atoms with Gasteiger partial charge in [0.15, 0.2) is 5.79 Å². The van der Waals surface area contributed by atoms with Gasteiger partial charge < -0.3 is 50.2 Å². The maximum atomic E-state index is 11.7. The molecule has 12 aromatic carbocycles. The first-order chi connectivity index (χ1) is 43.1. The van der Waals surface area contributed by atoms with Crippen LogP contribution in [0.15, 0.2) is 218 Å². The van der Waals surface area contributed by atoms with E-state index in [-0.39, 0.29) is 103 Å². The number of benzene rings is 12. The minimum absolute atomic E-state index is 0. The molecule has 0 saturated heterocycles. The largest absolute Gasteiger partial charge is 0.507 e. The van der Waals surface area contributed by atoms with Gasteiger partial charge in [-0.2, -0.15) is 72.8 Å². The van der Waals surface area contributed by atoms with Crippen molar-refractivity contribution in [3.8, 4) is 23.0 Å². The van der Waals surface area contributed by atoms with E-state index in [1.165, 1.54) is 10.8 Å². The molecule has 10 nitrogen and oxygen atoms in total. The molecule has 0 saturated carbocycles. The topological polar surface area (TPSA) is 134 Å². The second-order valence-corrected chi connectivity index (χ2v) is 22.7. The van der Waals surface area contributed by atoms with Crippen LogP contribution in [0.25, 0.3) is 43.1 Å². The third-order valence-corrected chi connectivity index (χ3v) is 16.7. The molecule has 0 amide bonds. The third kappa shape index (κ3) is 16.7. The summed E-state index contributed by atoms with van der Waals surface area (Å²) in [5.74, 6) is -1.02. The van der Waals surface area contributed by atoms with E-state index in [0.717, 1.165) is 102 Å². The van der Waals surface area contributed by atoms with Crippen molar-refractivity contribution in [2.45, 2.75) is 73.5 Å². The summed E-state index contributed by atoms with van der Waals surface area (Å²) in [4.78, 5) is 8.21. The Kier molecular flexibility index (Phi) is 24.3. The molecule has 12 aromatic rings. The van der Waals surface area contributed by atoms with Crippen LogP contribution in [0.4, 0.5) is 22.7 Å². The van der Waals surface area contributed by atoms with E-state index in [1.807, 2.05) is 171 Å². The number of nitrogens with zero attached hydrogens (tertiary/aromatic N) is 4. The fraction of sp³-hybridized carbons (Fsp3) is 0.190. The summed E-state index contributed by atoms with van der Waals surface area (Å²) in [6, 6.07) is 82.9. The molecule has 2 radical (unpaired) electrons. The van der Waals surface area contributed by atoms with Crippen molar-refractivity contribution < 1.29 is 96.1 Å². The molecule has 458 valence electrons. The Morgan fingerprint density at radius 2 is 0.615 bits per heavy atom. The predicted octanol–water partition coefficient (Wildman–Crippen LogP) is 16.4. The van der Waals surface area contributed by atoms with Gasteiger partial charge in [-0.1, -0.05) is 120 Å². The summed E-state index contributed by atoms with van der Waals surface area (Å²) in [6.07, 6.45) is 0. The van der Waals surface area contributed by atoms with Crippen LogP contribution in [-0.4, -0.2) is 62.6 Å². The Bertz CT molecular complexity index is 4210. The van der Waals surface area contributed by atoms with Crippen molar-refractivity contribution in [2.24, 2.45) is 0 Å². The van der Waals surface area contributed by atoms with Crippen molar-refractivity contribution in [1.29, 1.82) is 0 Å². The maximum absolute atomic E-state index is 11.7. The van der Waals surface area contributed by atoms with Crippen LogP contribution in [0, 0.1) is 52.0 Å². The third-order valence-electron chi connectivity index (χ3n) is 16.7. The number of aryl methyl sites for hydroxylation is 4. The Morgan fingerprint density at radius 3 is 0.945 bits per heavy atom. The van der Waals surface area contributed by atoms with Gasteiger partial charge in [0.2, 0.25) is 0 Å². The average Bonchev–Trinajstić information content (AvgIpc) is 0.984. The molecule has 0 heterocycles. The number of rotatable bonds is 18. The minimum Gasteiger partial charge on any atom is -0.507 e. The first kappa shape index (κ1) is 69.1. The van der Waals surface area contributed by atoms with Crippen LogP contribution < -0.4 is 19.6 Å². The molecule has 12 rings (SSSR count). The monoisotopic (exact) mass is 1350 g/mol. The molecule has 0 fully saturated rings. The summed E-state index contributed by atoms with van der Waals surface area (Å²) in [7, 11) is 0. The molecule has 0 unspecified atom stereocenters. The number of hydrogen-bond donors (Lipinski definition) is 6.